The molecule has 0 aliphatic heterocycles. The molecule has 21 heavy (non-hydrogen) atoms. The number of quaternary nitrogens is 1. The van der Waals surface area contributed by atoms with E-state index in [1.54, 1.807) is 19.1 Å². The van der Waals surface area contributed by atoms with Crippen LogP contribution in [0, 0.1) is 6.92 Å². The van der Waals surface area contributed by atoms with Crippen molar-refractivity contribution in [2.45, 2.75) is 27.3 Å². The van der Waals surface area contributed by atoms with Gasteiger partial charge in [-0.2, -0.15) is 0 Å². The molecule has 1 aromatic heterocycles. The van der Waals surface area contributed by atoms with Crippen molar-refractivity contribution >= 4 is 11.0 Å². The SMILES string of the molecule is C=C(C)C[NH+](CC)Cc1cc(=O)oc2c(C)c(O)ccc12. The Labute approximate surface area is 124 Å². The molecule has 1 aromatic carbocycles. The minimum absolute atomic E-state index is 0.143. The molecular weight excluding hydrogens is 266 g/mol. The predicted molar refractivity (Wildman–Crippen MR) is 83.8 cm³/mol. The molecule has 0 aliphatic rings. The van der Waals surface area contributed by atoms with Crippen LogP contribution >= 0.6 is 0 Å². The Morgan fingerprint density at radius 2 is 2.14 bits per heavy atom. The fourth-order valence-electron chi connectivity index (χ4n) is 2.57. The zero-order valence-corrected chi connectivity index (χ0v) is 12.8. The quantitative estimate of drug-likeness (QED) is 0.651. The average molecular weight is 288 g/mol. The first kappa shape index (κ1) is 15.3. The molecule has 4 heteroatoms. The highest BCUT2D eigenvalue weighted by atomic mass is 16.4. The van der Waals surface area contributed by atoms with E-state index in [9.17, 15) is 9.90 Å². The van der Waals surface area contributed by atoms with Crippen LogP contribution in [0.2, 0.25) is 0 Å². The van der Waals surface area contributed by atoms with E-state index < -0.39 is 0 Å². The summed E-state index contributed by atoms with van der Waals surface area (Å²) in [5.74, 6) is 0.143. The van der Waals surface area contributed by atoms with Crippen LogP contribution in [0.5, 0.6) is 5.75 Å². The molecule has 0 spiro atoms. The molecule has 0 amide bonds. The van der Waals surface area contributed by atoms with E-state index in [-0.39, 0.29) is 11.4 Å². The second-order valence-corrected chi connectivity index (χ2v) is 5.59. The molecule has 2 aromatic rings. The third-order valence-corrected chi connectivity index (χ3v) is 3.71. The number of hydrogen-bond donors (Lipinski definition) is 2. The van der Waals surface area contributed by atoms with Gasteiger partial charge in [0, 0.05) is 22.6 Å². The lowest BCUT2D eigenvalue weighted by Gasteiger charge is -2.18. The zero-order valence-electron chi connectivity index (χ0n) is 12.8. The maximum atomic E-state index is 11.8. The van der Waals surface area contributed by atoms with Crippen molar-refractivity contribution in [2.24, 2.45) is 0 Å². The highest BCUT2D eigenvalue weighted by Crippen LogP contribution is 2.26. The van der Waals surface area contributed by atoms with E-state index in [0.717, 1.165) is 36.2 Å². The van der Waals surface area contributed by atoms with Gasteiger partial charge in [-0.3, -0.25) is 0 Å². The molecule has 4 nitrogen and oxygen atoms in total. The van der Waals surface area contributed by atoms with Crippen LogP contribution in [0.1, 0.15) is 25.0 Å². The highest BCUT2D eigenvalue weighted by molar-refractivity contribution is 5.84. The van der Waals surface area contributed by atoms with Gasteiger partial charge in [0.25, 0.3) is 0 Å². The second kappa shape index (κ2) is 6.14. The van der Waals surface area contributed by atoms with Crippen LogP contribution in [0.4, 0.5) is 0 Å². The molecule has 112 valence electrons. The molecule has 2 rings (SSSR count). The summed E-state index contributed by atoms with van der Waals surface area (Å²) in [5, 5.41) is 10.7. The van der Waals surface area contributed by atoms with E-state index in [1.807, 2.05) is 13.0 Å². The summed E-state index contributed by atoms with van der Waals surface area (Å²) in [5.41, 5.74) is 2.76. The molecular formula is C17H22NO3+. The Bertz CT molecular complexity index is 731. The van der Waals surface area contributed by atoms with Crippen molar-refractivity contribution < 1.29 is 14.4 Å². The summed E-state index contributed by atoms with van der Waals surface area (Å²) < 4.78 is 5.27. The smallest absolute Gasteiger partial charge is 0.336 e. The summed E-state index contributed by atoms with van der Waals surface area (Å²) >= 11 is 0. The molecule has 0 aliphatic carbocycles. The number of aromatic hydroxyl groups is 1. The van der Waals surface area contributed by atoms with Crippen LogP contribution in [0.3, 0.4) is 0 Å². The van der Waals surface area contributed by atoms with Crippen LogP contribution in [0.25, 0.3) is 11.0 Å². The van der Waals surface area contributed by atoms with E-state index in [1.165, 1.54) is 4.90 Å². The van der Waals surface area contributed by atoms with Crippen molar-refractivity contribution in [3.05, 3.63) is 51.9 Å². The molecule has 0 radical (unpaired) electrons. The summed E-state index contributed by atoms with van der Waals surface area (Å²) in [7, 11) is 0. The van der Waals surface area contributed by atoms with Crippen molar-refractivity contribution in [3.63, 3.8) is 0 Å². The van der Waals surface area contributed by atoms with Gasteiger partial charge in [0.15, 0.2) is 0 Å². The van der Waals surface area contributed by atoms with Gasteiger partial charge < -0.3 is 14.4 Å². The second-order valence-electron chi connectivity index (χ2n) is 5.59. The fourth-order valence-corrected chi connectivity index (χ4v) is 2.57. The zero-order chi connectivity index (χ0) is 15.6. The monoisotopic (exact) mass is 288 g/mol. The number of likely N-dealkylation sites (N-methyl/N-ethyl adjacent to an activating group) is 1. The van der Waals surface area contributed by atoms with Gasteiger partial charge in [0.1, 0.15) is 17.9 Å². The van der Waals surface area contributed by atoms with Gasteiger partial charge in [-0.05, 0) is 38.5 Å². The average Bonchev–Trinajstić information content (AvgIpc) is 2.42. The van der Waals surface area contributed by atoms with Gasteiger partial charge in [0.05, 0.1) is 13.1 Å². The first-order chi connectivity index (χ1) is 9.92. The third-order valence-electron chi connectivity index (χ3n) is 3.71. The molecule has 1 atom stereocenters. The van der Waals surface area contributed by atoms with Crippen molar-refractivity contribution in [1.29, 1.82) is 0 Å². The van der Waals surface area contributed by atoms with Crippen LogP contribution in [0.15, 0.2) is 39.6 Å². The Morgan fingerprint density at radius 3 is 2.76 bits per heavy atom. The topological polar surface area (TPSA) is 54.9 Å². The van der Waals surface area contributed by atoms with E-state index in [2.05, 4.69) is 13.5 Å². The third kappa shape index (κ3) is 3.34. The van der Waals surface area contributed by atoms with Gasteiger partial charge in [-0.1, -0.05) is 6.58 Å². The maximum absolute atomic E-state index is 11.8. The first-order valence-electron chi connectivity index (χ1n) is 7.15. The maximum Gasteiger partial charge on any atom is 0.336 e. The molecule has 1 heterocycles. The molecule has 2 N–H and O–H groups in total. The summed E-state index contributed by atoms with van der Waals surface area (Å²) in [4.78, 5) is 13.1. The van der Waals surface area contributed by atoms with Crippen molar-refractivity contribution in [1.82, 2.24) is 0 Å². The molecule has 0 bridgehead atoms. The lowest BCUT2D eigenvalue weighted by atomic mass is 10.1. The molecule has 0 saturated heterocycles. The summed E-state index contributed by atoms with van der Waals surface area (Å²) in [6.07, 6.45) is 0. The van der Waals surface area contributed by atoms with Crippen LogP contribution in [-0.4, -0.2) is 18.2 Å². The largest absolute Gasteiger partial charge is 0.508 e. The normalized spacial score (nSPS) is 12.5. The number of aryl methyl sites for hydroxylation is 1. The van der Waals surface area contributed by atoms with Crippen LogP contribution in [-0.2, 0) is 6.54 Å². The Morgan fingerprint density at radius 1 is 1.43 bits per heavy atom. The van der Waals surface area contributed by atoms with Gasteiger partial charge in [-0.15, -0.1) is 0 Å². The number of nitrogens with one attached hydrogen (secondary N) is 1. The Hall–Kier alpha value is -2.07. The molecule has 0 saturated carbocycles. The minimum Gasteiger partial charge on any atom is -0.508 e. The minimum atomic E-state index is -0.378. The molecule has 0 fully saturated rings. The fraction of sp³-hybridized carbons (Fsp3) is 0.353. The highest BCUT2D eigenvalue weighted by Gasteiger charge is 2.15. The summed E-state index contributed by atoms with van der Waals surface area (Å²) in [6, 6.07) is 5.00. The van der Waals surface area contributed by atoms with Gasteiger partial charge >= 0.3 is 5.63 Å². The number of hydrogen-bond acceptors (Lipinski definition) is 3. The van der Waals surface area contributed by atoms with Crippen LogP contribution < -0.4 is 10.5 Å². The standard InChI is InChI=1S/C17H21NO3/c1-5-18(9-11(2)3)10-13-8-16(20)21-17-12(4)15(19)7-6-14(13)17/h6-8,19H,2,5,9-10H2,1,3-4H3/p+1. The van der Waals surface area contributed by atoms with Crippen molar-refractivity contribution in [3.8, 4) is 5.75 Å². The number of rotatable bonds is 5. The number of phenols is 1. The molecule has 1 unspecified atom stereocenters. The lowest BCUT2D eigenvalue weighted by Crippen LogP contribution is -3.10. The van der Waals surface area contributed by atoms with Gasteiger partial charge in [0.2, 0.25) is 0 Å². The van der Waals surface area contributed by atoms with Crippen molar-refractivity contribution in [2.75, 3.05) is 13.1 Å². The van der Waals surface area contributed by atoms with E-state index >= 15 is 0 Å². The number of benzene rings is 1. The Balaban J connectivity index is 2.51. The number of fused-ring (bicyclic) bond motifs is 1. The predicted octanol–water partition coefficient (Wildman–Crippen LogP) is 1.79. The van der Waals surface area contributed by atoms with E-state index in [4.69, 9.17) is 4.42 Å². The first-order valence-corrected chi connectivity index (χ1v) is 7.15. The van der Waals surface area contributed by atoms with E-state index in [0.29, 0.717) is 11.1 Å². The van der Waals surface area contributed by atoms with Gasteiger partial charge in [-0.25, -0.2) is 4.79 Å². The lowest BCUT2D eigenvalue weighted by molar-refractivity contribution is -0.907. The Kier molecular flexibility index (Phi) is 4.48. The number of phenolic OH excluding ortho intramolecular Hbond substituents is 1. The summed E-state index contributed by atoms with van der Waals surface area (Å²) in [6.45, 7) is 12.4.